The highest BCUT2D eigenvalue weighted by molar-refractivity contribution is 7.87. The zero-order valence-corrected chi connectivity index (χ0v) is 9.68. The maximum absolute atomic E-state index is 11.7. The van der Waals surface area contributed by atoms with Gasteiger partial charge < -0.3 is 4.18 Å². The van der Waals surface area contributed by atoms with Crippen molar-refractivity contribution in [3.8, 4) is 5.75 Å². The van der Waals surface area contributed by atoms with Gasteiger partial charge in [0, 0.05) is 11.3 Å². The van der Waals surface area contributed by atoms with Gasteiger partial charge in [-0.25, -0.2) is 0 Å². The summed E-state index contributed by atoms with van der Waals surface area (Å²) >= 11 is 5.81. The first-order chi connectivity index (χ1) is 7.63. The third-order valence-electron chi connectivity index (χ3n) is 2.67. The second-order valence-electron chi connectivity index (χ2n) is 3.57. The number of alkyl halides is 1. The number of hydrogen-bond donors (Lipinski definition) is 0. The van der Waals surface area contributed by atoms with Crippen LogP contribution < -0.4 is 4.18 Å². The van der Waals surface area contributed by atoms with Crippen LogP contribution in [-0.2, 0) is 16.0 Å². The smallest absolute Gasteiger partial charge is 0.340 e. The Kier molecular flexibility index (Phi) is 1.94. The lowest BCUT2D eigenvalue weighted by Gasteiger charge is -2.02. The van der Waals surface area contributed by atoms with Gasteiger partial charge in [0.2, 0.25) is 0 Å². The fourth-order valence-electron chi connectivity index (χ4n) is 1.96. The number of rotatable bonds is 1. The van der Waals surface area contributed by atoms with Crippen LogP contribution in [0.15, 0.2) is 35.2 Å². The van der Waals surface area contributed by atoms with Crippen molar-refractivity contribution in [3.63, 3.8) is 0 Å². The van der Waals surface area contributed by atoms with Crippen LogP contribution in [0.4, 0.5) is 0 Å². The Morgan fingerprint density at radius 3 is 2.75 bits per heavy atom. The van der Waals surface area contributed by atoms with Crippen LogP contribution in [0.5, 0.6) is 5.75 Å². The molecule has 0 fully saturated rings. The second-order valence-corrected chi connectivity index (χ2v) is 5.35. The molecule has 0 aromatic heterocycles. The predicted octanol–water partition coefficient (Wildman–Crippen LogP) is 2.66. The Morgan fingerprint density at radius 1 is 1.19 bits per heavy atom. The molecule has 82 valence electrons. The van der Waals surface area contributed by atoms with Gasteiger partial charge in [-0.1, -0.05) is 18.2 Å². The van der Waals surface area contributed by atoms with E-state index in [1.54, 1.807) is 24.3 Å². The molecule has 0 atom stereocenters. The van der Waals surface area contributed by atoms with E-state index in [9.17, 15) is 8.42 Å². The van der Waals surface area contributed by atoms with E-state index in [0.29, 0.717) is 17.0 Å². The van der Waals surface area contributed by atoms with Gasteiger partial charge in [0.05, 0.1) is 0 Å². The molecule has 0 radical (unpaired) electrons. The summed E-state index contributed by atoms with van der Waals surface area (Å²) in [6.45, 7) is 0. The van der Waals surface area contributed by atoms with Gasteiger partial charge in [0.1, 0.15) is 4.90 Å². The zero-order valence-electron chi connectivity index (χ0n) is 8.10. The summed E-state index contributed by atoms with van der Waals surface area (Å²) in [5.41, 5.74) is 0.906. The summed E-state index contributed by atoms with van der Waals surface area (Å²) in [5.74, 6) is 0.736. The normalized spacial score (nSPS) is 16.3. The molecule has 16 heavy (non-hydrogen) atoms. The van der Waals surface area contributed by atoms with Crippen LogP contribution in [0.2, 0.25) is 0 Å². The topological polar surface area (TPSA) is 43.4 Å². The Bertz CT molecular complexity index is 692. The van der Waals surface area contributed by atoms with Crippen molar-refractivity contribution < 1.29 is 12.6 Å². The third kappa shape index (κ3) is 1.17. The van der Waals surface area contributed by atoms with E-state index in [2.05, 4.69) is 0 Å². The van der Waals surface area contributed by atoms with Crippen LogP contribution in [0.1, 0.15) is 5.56 Å². The molecule has 1 heterocycles. The summed E-state index contributed by atoms with van der Waals surface area (Å²) < 4.78 is 28.3. The summed E-state index contributed by atoms with van der Waals surface area (Å²) in [5, 5.41) is 1.48. The molecule has 2 aromatic rings. The number of benzene rings is 2. The molecule has 0 saturated heterocycles. The van der Waals surface area contributed by atoms with Crippen molar-refractivity contribution in [3.05, 3.63) is 35.9 Å². The van der Waals surface area contributed by atoms with Gasteiger partial charge in [-0.2, -0.15) is 8.42 Å². The first-order valence-corrected chi connectivity index (χ1v) is 6.63. The maximum atomic E-state index is 11.7. The molecule has 1 aliphatic rings. The minimum atomic E-state index is -3.63. The third-order valence-corrected chi connectivity index (χ3v) is 4.23. The largest absolute Gasteiger partial charge is 0.378 e. The fraction of sp³-hybridized carbons (Fsp3) is 0.0909. The van der Waals surface area contributed by atoms with Gasteiger partial charge in [-0.05, 0) is 23.1 Å². The standard InChI is InChI=1S/C11H7ClO3S/c12-6-7-4-5-9-11-8(7)2-1-3-10(11)16(13,14)15-9/h1-5H,6H2. The molecule has 5 heteroatoms. The Labute approximate surface area is 97.7 Å². The highest BCUT2D eigenvalue weighted by atomic mass is 35.5. The summed E-state index contributed by atoms with van der Waals surface area (Å²) in [4.78, 5) is 0.229. The molecule has 3 rings (SSSR count). The molecular weight excluding hydrogens is 248 g/mol. The van der Waals surface area contributed by atoms with E-state index >= 15 is 0 Å². The lowest BCUT2D eigenvalue weighted by Crippen LogP contribution is -2.02. The quantitative estimate of drug-likeness (QED) is 0.580. The van der Waals surface area contributed by atoms with E-state index in [4.69, 9.17) is 15.8 Å². The summed E-state index contributed by atoms with van der Waals surface area (Å²) in [6, 6.07) is 8.53. The van der Waals surface area contributed by atoms with E-state index < -0.39 is 10.1 Å². The van der Waals surface area contributed by atoms with E-state index in [1.807, 2.05) is 6.07 Å². The van der Waals surface area contributed by atoms with Gasteiger partial charge in [-0.15, -0.1) is 11.6 Å². The maximum Gasteiger partial charge on any atom is 0.340 e. The Morgan fingerprint density at radius 2 is 2.00 bits per heavy atom. The van der Waals surface area contributed by atoms with Crippen LogP contribution in [-0.4, -0.2) is 8.42 Å². The van der Waals surface area contributed by atoms with Gasteiger partial charge in [0.15, 0.2) is 5.75 Å². The fourth-order valence-corrected chi connectivity index (χ4v) is 3.36. The molecule has 0 N–H and O–H groups in total. The van der Waals surface area contributed by atoms with Crippen molar-refractivity contribution >= 4 is 32.5 Å². The minimum absolute atomic E-state index is 0.229. The second kappa shape index (κ2) is 3.12. The molecule has 3 nitrogen and oxygen atoms in total. The molecule has 2 aromatic carbocycles. The van der Waals surface area contributed by atoms with Crippen LogP contribution >= 0.6 is 11.6 Å². The van der Waals surface area contributed by atoms with Crippen LogP contribution in [0.25, 0.3) is 10.8 Å². The molecular formula is C11H7ClO3S. The van der Waals surface area contributed by atoms with Crippen molar-refractivity contribution in [1.29, 1.82) is 0 Å². The monoisotopic (exact) mass is 254 g/mol. The van der Waals surface area contributed by atoms with E-state index in [1.165, 1.54) is 0 Å². The minimum Gasteiger partial charge on any atom is -0.378 e. The Balaban J connectivity index is 2.55. The zero-order chi connectivity index (χ0) is 11.3. The van der Waals surface area contributed by atoms with Gasteiger partial charge in [-0.3, -0.25) is 0 Å². The lowest BCUT2D eigenvalue weighted by atomic mass is 10.0. The van der Waals surface area contributed by atoms with Crippen LogP contribution in [0, 0.1) is 0 Å². The summed E-state index contributed by atoms with van der Waals surface area (Å²) in [6.07, 6.45) is 0. The van der Waals surface area contributed by atoms with E-state index in [0.717, 1.165) is 10.9 Å². The Hall–Kier alpha value is -1.26. The lowest BCUT2D eigenvalue weighted by molar-refractivity contribution is 0.498. The molecule has 0 spiro atoms. The first-order valence-electron chi connectivity index (χ1n) is 4.68. The first kappa shape index (κ1) is 9.93. The van der Waals surface area contributed by atoms with Crippen molar-refractivity contribution in [2.24, 2.45) is 0 Å². The molecule has 1 aliphatic heterocycles. The molecule has 0 bridgehead atoms. The predicted molar refractivity (Wildman–Crippen MR) is 61.3 cm³/mol. The molecule has 0 unspecified atom stereocenters. The highest BCUT2D eigenvalue weighted by Gasteiger charge is 2.30. The highest BCUT2D eigenvalue weighted by Crippen LogP contribution is 2.40. The van der Waals surface area contributed by atoms with Crippen molar-refractivity contribution in [1.82, 2.24) is 0 Å². The van der Waals surface area contributed by atoms with Crippen molar-refractivity contribution in [2.75, 3.05) is 0 Å². The SMILES string of the molecule is O=S1(=O)Oc2ccc(CCl)c3cccc1c23. The van der Waals surface area contributed by atoms with Gasteiger partial charge >= 0.3 is 10.1 Å². The van der Waals surface area contributed by atoms with E-state index in [-0.39, 0.29) is 4.90 Å². The average Bonchev–Trinajstić information content (AvgIpc) is 2.53. The van der Waals surface area contributed by atoms with Crippen molar-refractivity contribution in [2.45, 2.75) is 10.8 Å². The average molecular weight is 255 g/mol. The van der Waals surface area contributed by atoms with Crippen LogP contribution in [0.3, 0.4) is 0 Å². The van der Waals surface area contributed by atoms with Gasteiger partial charge in [0.25, 0.3) is 0 Å². The molecule has 0 amide bonds. The molecule has 0 saturated carbocycles. The summed E-state index contributed by atoms with van der Waals surface area (Å²) in [7, 11) is -3.63. The number of hydrogen-bond acceptors (Lipinski definition) is 3. The molecule has 0 aliphatic carbocycles. The number of halogens is 1.